The number of rotatable bonds is 4. The van der Waals surface area contributed by atoms with E-state index in [1.165, 1.54) is 12.1 Å². The number of carbonyl (C=O) groups is 1. The Hall–Kier alpha value is -1.87. The highest BCUT2D eigenvalue weighted by atomic mass is 35.5. The third-order valence-corrected chi connectivity index (χ3v) is 3.66. The summed E-state index contributed by atoms with van der Waals surface area (Å²) in [5.74, 6) is -2.13. The van der Waals surface area contributed by atoms with Gasteiger partial charge in [-0.2, -0.15) is 0 Å². The van der Waals surface area contributed by atoms with Gasteiger partial charge < -0.3 is 5.11 Å². The predicted molar refractivity (Wildman–Crippen MR) is 76.7 cm³/mol. The average molecular weight is 293 g/mol. The number of hydrogen-bond donors (Lipinski definition) is 1. The second-order valence-electron chi connectivity index (χ2n) is 4.69. The maximum atomic E-state index is 13.3. The van der Waals surface area contributed by atoms with Crippen molar-refractivity contribution in [1.29, 1.82) is 0 Å². The first kappa shape index (κ1) is 14.5. The van der Waals surface area contributed by atoms with E-state index in [2.05, 4.69) is 0 Å². The molecular weight excluding hydrogens is 279 g/mol. The third-order valence-electron chi connectivity index (χ3n) is 3.31. The summed E-state index contributed by atoms with van der Waals surface area (Å²) in [4.78, 5) is 11.5. The van der Waals surface area contributed by atoms with Crippen LogP contribution < -0.4 is 0 Å². The van der Waals surface area contributed by atoms with Crippen molar-refractivity contribution in [3.05, 3.63) is 70.0 Å². The maximum absolute atomic E-state index is 13.3. The van der Waals surface area contributed by atoms with Gasteiger partial charge in [-0.25, -0.2) is 4.39 Å². The molecule has 2 aromatic carbocycles. The Bertz CT molecular complexity index is 640. The lowest BCUT2D eigenvalue weighted by molar-refractivity contribution is -0.138. The van der Waals surface area contributed by atoms with Crippen molar-refractivity contribution in [2.45, 2.75) is 19.3 Å². The van der Waals surface area contributed by atoms with Gasteiger partial charge in [-0.1, -0.05) is 35.9 Å². The van der Waals surface area contributed by atoms with Crippen molar-refractivity contribution < 1.29 is 14.3 Å². The zero-order valence-corrected chi connectivity index (χ0v) is 11.7. The second-order valence-corrected chi connectivity index (χ2v) is 5.09. The number of carboxylic acids is 1. The fourth-order valence-electron chi connectivity index (χ4n) is 2.17. The van der Waals surface area contributed by atoms with Crippen LogP contribution in [0.25, 0.3) is 0 Å². The highest BCUT2D eigenvalue weighted by Crippen LogP contribution is 2.29. The van der Waals surface area contributed by atoms with Crippen LogP contribution in [-0.2, 0) is 11.2 Å². The minimum absolute atomic E-state index is 0.211. The van der Waals surface area contributed by atoms with Crippen LogP contribution in [0, 0.1) is 12.7 Å². The molecule has 0 saturated carbocycles. The van der Waals surface area contributed by atoms with E-state index in [9.17, 15) is 14.3 Å². The first-order chi connectivity index (χ1) is 9.49. The Labute approximate surface area is 121 Å². The van der Waals surface area contributed by atoms with Crippen LogP contribution in [-0.4, -0.2) is 11.1 Å². The molecule has 0 aromatic heterocycles. The third kappa shape index (κ3) is 3.17. The van der Waals surface area contributed by atoms with Gasteiger partial charge in [0.1, 0.15) is 5.82 Å². The molecule has 0 aliphatic rings. The topological polar surface area (TPSA) is 37.3 Å². The average Bonchev–Trinajstić information content (AvgIpc) is 2.40. The number of aliphatic carboxylic acids is 1. The summed E-state index contributed by atoms with van der Waals surface area (Å²) in [6.45, 7) is 1.83. The van der Waals surface area contributed by atoms with Gasteiger partial charge in [0, 0.05) is 5.02 Å². The van der Waals surface area contributed by atoms with E-state index >= 15 is 0 Å². The van der Waals surface area contributed by atoms with Crippen LogP contribution in [0.5, 0.6) is 0 Å². The number of carboxylic acid groups (broad SMARTS) is 1. The Balaban J connectivity index is 2.38. The van der Waals surface area contributed by atoms with Crippen molar-refractivity contribution in [1.82, 2.24) is 0 Å². The lowest BCUT2D eigenvalue weighted by Crippen LogP contribution is -2.15. The van der Waals surface area contributed by atoms with E-state index in [-0.39, 0.29) is 12.2 Å². The van der Waals surface area contributed by atoms with Crippen molar-refractivity contribution in [2.75, 3.05) is 0 Å². The lowest BCUT2D eigenvalue weighted by Gasteiger charge is -2.16. The Morgan fingerprint density at radius 1 is 1.30 bits per heavy atom. The molecule has 1 unspecified atom stereocenters. The zero-order chi connectivity index (χ0) is 14.7. The molecule has 0 saturated heterocycles. The van der Waals surface area contributed by atoms with Gasteiger partial charge in [0.15, 0.2) is 0 Å². The van der Waals surface area contributed by atoms with Gasteiger partial charge in [0.2, 0.25) is 0 Å². The van der Waals surface area contributed by atoms with Crippen LogP contribution in [0.4, 0.5) is 4.39 Å². The fraction of sp³-hybridized carbons (Fsp3) is 0.188. The van der Waals surface area contributed by atoms with E-state index in [1.807, 2.05) is 6.92 Å². The molecule has 0 heterocycles. The molecular formula is C16H14ClFO2. The Morgan fingerprint density at radius 3 is 2.65 bits per heavy atom. The summed E-state index contributed by atoms with van der Waals surface area (Å²) in [5, 5.41) is 9.83. The molecule has 1 atom stereocenters. The van der Waals surface area contributed by atoms with E-state index < -0.39 is 11.9 Å². The van der Waals surface area contributed by atoms with Crippen LogP contribution in [0.2, 0.25) is 5.02 Å². The van der Waals surface area contributed by atoms with E-state index in [0.29, 0.717) is 16.1 Å². The maximum Gasteiger partial charge on any atom is 0.311 e. The summed E-state index contributed by atoms with van der Waals surface area (Å²) in [6, 6.07) is 11.2. The molecule has 0 radical (unpaired) electrons. The van der Waals surface area contributed by atoms with Gasteiger partial charge in [-0.3, -0.25) is 4.79 Å². The Kier molecular flexibility index (Phi) is 4.40. The molecule has 4 heteroatoms. The summed E-state index contributed by atoms with van der Waals surface area (Å²) in [7, 11) is 0. The Morgan fingerprint density at radius 2 is 2.00 bits per heavy atom. The highest BCUT2D eigenvalue weighted by Gasteiger charge is 2.23. The zero-order valence-electron chi connectivity index (χ0n) is 10.9. The fourth-order valence-corrected chi connectivity index (χ4v) is 2.44. The van der Waals surface area contributed by atoms with Crippen LogP contribution in [0.1, 0.15) is 22.6 Å². The molecule has 0 aliphatic heterocycles. The molecule has 1 N–H and O–H groups in total. The first-order valence-electron chi connectivity index (χ1n) is 6.21. The number of benzene rings is 2. The number of hydrogen-bond acceptors (Lipinski definition) is 1. The molecule has 0 bridgehead atoms. The van der Waals surface area contributed by atoms with E-state index in [4.69, 9.17) is 11.6 Å². The van der Waals surface area contributed by atoms with Gasteiger partial charge in [0.25, 0.3) is 0 Å². The molecule has 2 rings (SSSR count). The molecule has 0 fully saturated rings. The molecule has 0 amide bonds. The molecule has 2 aromatic rings. The number of aryl methyl sites for hydroxylation is 1. The van der Waals surface area contributed by atoms with Gasteiger partial charge >= 0.3 is 5.97 Å². The smallest absolute Gasteiger partial charge is 0.311 e. The molecule has 104 valence electrons. The quantitative estimate of drug-likeness (QED) is 0.917. The van der Waals surface area contributed by atoms with Crippen LogP contribution >= 0.6 is 11.6 Å². The van der Waals surface area contributed by atoms with Crippen molar-refractivity contribution in [3.8, 4) is 0 Å². The SMILES string of the molecule is Cc1ccc(F)cc1CC(C(=O)O)c1ccccc1Cl. The molecule has 0 spiro atoms. The van der Waals surface area contributed by atoms with Crippen molar-refractivity contribution in [2.24, 2.45) is 0 Å². The summed E-state index contributed by atoms with van der Waals surface area (Å²) in [6.07, 6.45) is 0.211. The summed E-state index contributed by atoms with van der Waals surface area (Å²) >= 11 is 6.06. The standard InChI is InChI=1S/C16H14ClFO2/c1-10-6-7-12(18)8-11(10)9-14(16(19)20)13-4-2-3-5-15(13)17/h2-8,14H,9H2,1H3,(H,19,20). The summed E-state index contributed by atoms with van der Waals surface area (Å²) in [5.41, 5.74) is 2.09. The largest absolute Gasteiger partial charge is 0.481 e. The number of halogens is 2. The monoisotopic (exact) mass is 292 g/mol. The normalized spacial score (nSPS) is 12.2. The van der Waals surface area contributed by atoms with Crippen molar-refractivity contribution >= 4 is 17.6 Å². The van der Waals surface area contributed by atoms with E-state index in [0.717, 1.165) is 5.56 Å². The van der Waals surface area contributed by atoms with Crippen LogP contribution in [0.3, 0.4) is 0 Å². The predicted octanol–water partition coefficient (Wildman–Crippen LogP) is 4.20. The van der Waals surface area contributed by atoms with Gasteiger partial charge in [-0.15, -0.1) is 0 Å². The summed E-state index contributed by atoms with van der Waals surface area (Å²) < 4.78 is 13.3. The van der Waals surface area contributed by atoms with E-state index in [1.54, 1.807) is 30.3 Å². The second kappa shape index (κ2) is 6.06. The molecule has 0 aliphatic carbocycles. The highest BCUT2D eigenvalue weighted by molar-refractivity contribution is 6.31. The molecule has 20 heavy (non-hydrogen) atoms. The first-order valence-corrected chi connectivity index (χ1v) is 6.59. The van der Waals surface area contributed by atoms with Gasteiger partial charge in [0.05, 0.1) is 5.92 Å². The lowest BCUT2D eigenvalue weighted by atomic mass is 9.90. The van der Waals surface area contributed by atoms with Crippen LogP contribution in [0.15, 0.2) is 42.5 Å². The molecule has 2 nitrogen and oxygen atoms in total. The minimum Gasteiger partial charge on any atom is -0.481 e. The van der Waals surface area contributed by atoms with Crippen molar-refractivity contribution in [3.63, 3.8) is 0 Å². The van der Waals surface area contributed by atoms with Gasteiger partial charge in [-0.05, 0) is 48.2 Å². The minimum atomic E-state index is -0.971.